The van der Waals surface area contributed by atoms with Crippen molar-refractivity contribution in [1.29, 1.82) is 0 Å². The Labute approximate surface area is 120 Å². The zero-order valence-corrected chi connectivity index (χ0v) is 12.5. The molecule has 0 N–H and O–H groups in total. The molecule has 1 aliphatic carbocycles. The maximum Gasteiger partial charge on any atom is 0.194 e. The van der Waals surface area contributed by atoms with Gasteiger partial charge in [-0.25, -0.2) is 4.39 Å². The third-order valence-corrected chi connectivity index (χ3v) is 4.22. The Bertz CT molecular complexity index is 494. The van der Waals surface area contributed by atoms with Gasteiger partial charge in [-0.3, -0.25) is 4.79 Å². The molecule has 1 aromatic rings. The molecule has 110 valence electrons. The summed E-state index contributed by atoms with van der Waals surface area (Å²) in [6.45, 7) is 6.39. The second kappa shape index (κ2) is 6.04. The van der Waals surface area contributed by atoms with Crippen LogP contribution in [-0.4, -0.2) is 18.0 Å². The highest BCUT2D eigenvalue weighted by Gasteiger charge is 2.43. The van der Waals surface area contributed by atoms with E-state index in [9.17, 15) is 9.18 Å². The lowest BCUT2D eigenvalue weighted by molar-refractivity contribution is -0.0512. The van der Waals surface area contributed by atoms with Crippen LogP contribution in [0.5, 0.6) is 0 Å². The minimum atomic E-state index is -0.713. The number of ketones is 1. The zero-order chi connectivity index (χ0) is 14.8. The molecule has 3 heteroatoms. The van der Waals surface area contributed by atoms with Crippen LogP contribution in [0.15, 0.2) is 18.2 Å². The number of carbonyl (C=O) groups excluding carboxylic acids is 1. The van der Waals surface area contributed by atoms with Crippen molar-refractivity contribution in [3.05, 3.63) is 35.1 Å². The standard InChI is InChI=1S/C17H23FO2/c1-4-20-17(9-5-6-12(2)11-17)16(19)15-8-7-14(18)10-13(15)3/h7-8,10,12H,4-6,9,11H2,1-3H3. The second-order valence-electron chi connectivity index (χ2n) is 5.92. The molecular formula is C17H23FO2. The summed E-state index contributed by atoms with van der Waals surface area (Å²) in [7, 11) is 0. The lowest BCUT2D eigenvalue weighted by Crippen LogP contribution is -2.45. The van der Waals surface area contributed by atoms with Gasteiger partial charge in [-0.1, -0.05) is 13.3 Å². The number of ether oxygens (including phenoxy) is 1. The first-order chi connectivity index (χ1) is 9.48. The van der Waals surface area contributed by atoms with Gasteiger partial charge >= 0.3 is 0 Å². The van der Waals surface area contributed by atoms with Crippen LogP contribution in [0.2, 0.25) is 0 Å². The monoisotopic (exact) mass is 278 g/mol. The molecule has 20 heavy (non-hydrogen) atoms. The molecule has 0 spiro atoms. The minimum Gasteiger partial charge on any atom is -0.367 e. The molecule has 1 aliphatic rings. The molecule has 2 unspecified atom stereocenters. The summed E-state index contributed by atoms with van der Waals surface area (Å²) >= 11 is 0. The first-order valence-electron chi connectivity index (χ1n) is 7.43. The van der Waals surface area contributed by atoms with E-state index in [0.717, 1.165) is 25.7 Å². The Morgan fingerprint density at radius 1 is 1.50 bits per heavy atom. The summed E-state index contributed by atoms with van der Waals surface area (Å²) in [6.07, 6.45) is 3.68. The summed E-state index contributed by atoms with van der Waals surface area (Å²) in [4.78, 5) is 12.9. The maximum absolute atomic E-state index is 13.2. The maximum atomic E-state index is 13.2. The molecule has 2 rings (SSSR count). The molecule has 1 fully saturated rings. The number of hydrogen-bond acceptors (Lipinski definition) is 2. The topological polar surface area (TPSA) is 26.3 Å². The van der Waals surface area contributed by atoms with E-state index in [4.69, 9.17) is 4.74 Å². The number of hydrogen-bond donors (Lipinski definition) is 0. The molecule has 2 nitrogen and oxygen atoms in total. The van der Waals surface area contributed by atoms with Gasteiger partial charge in [0, 0.05) is 12.2 Å². The fraction of sp³-hybridized carbons (Fsp3) is 0.588. The average molecular weight is 278 g/mol. The number of carbonyl (C=O) groups is 1. The Morgan fingerprint density at radius 2 is 2.25 bits per heavy atom. The van der Waals surface area contributed by atoms with Crippen LogP contribution in [0, 0.1) is 18.7 Å². The van der Waals surface area contributed by atoms with E-state index >= 15 is 0 Å². The van der Waals surface area contributed by atoms with Crippen LogP contribution in [0.3, 0.4) is 0 Å². The first kappa shape index (κ1) is 15.2. The molecule has 0 radical (unpaired) electrons. The first-order valence-corrected chi connectivity index (χ1v) is 7.43. The molecule has 0 aliphatic heterocycles. The van der Waals surface area contributed by atoms with Gasteiger partial charge in [0.2, 0.25) is 0 Å². The Morgan fingerprint density at radius 3 is 2.85 bits per heavy atom. The van der Waals surface area contributed by atoms with Crippen LogP contribution < -0.4 is 0 Å². The van der Waals surface area contributed by atoms with Crippen LogP contribution in [0.4, 0.5) is 4.39 Å². The summed E-state index contributed by atoms with van der Waals surface area (Å²) in [5, 5.41) is 0. The van der Waals surface area contributed by atoms with Crippen molar-refractivity contribution in [3.63, 3.8) is 0 Å². The van der Waals surface area contributed by atoms with Gasteiger partial charge in [0.25, 0.3) is 0 Å². The molecule has 1 saturated carbocycles. The molecule has 0 heterocycles. The SMILES string of the molecule is CCOC1(C(=O)c2ccc(F)cc2C)CCCC(C)C1. The van der Waals surface area contributed by atoms with Crippen molar-refractivity contribution in [1.82, 2.24) is 0 Å². The van der Waals surface area contributed by atoms with E-state index in [-0.39, 0.29) is 11.6 Å². The normalized spacial score (nSPS) is 26.5. The number of benzene rings is 1. The van der Waals surface area contributed by atoms with Gasteiger partial charge in [0.15, 0.2) is 5.78 Å². The van der Waals surface area contributed by atoms with E-state index in [1.807, 2.05) is 6.92 Å². The highest BCUT2D eigenvalue weighted by atomic mass is 19.1. The molecular weight excluding hydrogens is 255 g/mol. The van der Waals surface area contributed by atoms with Gasteiger partial charge in [-0.15, -0.1) is 0 Å². The lowest BCUT2D eigenvalue weighted by Gasteiger charge is -2.38. The van der Waals surface area contributed by atoms with Crippen molar-refractivity contribution in [3.8, 4) is 0 Å². The highest BCUT2D eigenvalue weighted by Crippen LogP contribution is 2.38. The van der Waals surface area contributed by atoms with E-state index in [0.29, 0.717) is 23.7 Å². The summed E-state index contributed by atoms with van der Waals surface area (Å²) in [6, 6.07) is 4.36. The lowest BCUT2D eigenvalue weighted by atomic mass is 9.74. The Kier molecular flexibility index (Phi) is 4.59. The quantitative estimate of drug-likeness (QED) is 0.767. The van der Waals surface area contributed by atoms with Crippen LogP contribution in [0.1, 0.15) is 55.5 Å². The van der Waals surface area contributed by atoms with Gasteiger partial charge in [0.1, 0.15) is 11.4 Å². The van der Waals surface area contributed by atoms with E-state index in [1.165, 1.54) is 12.1 Å². The van der Waals surface area contributed by atoms with Crippen molar-refractivity contribution >= 4 is 5.78 Å². The van der Waals surface area contributed by atoms with Crippen LogP contribution in [-0.2, 0) is 4.74 Å². The zero-order valence-electron chi connectivity index (χ0n) is 12.5. The van der Waals surface area contributed by atoms with Gasteiger partial charge in [0.05, 0.1) is 0 Å². The third kappa shape index (κ3) is 2.93. The Balaban J connectivity index is 2.35. The number of rotatable bonds is 4. The predicted octanol–water partition coefficient (Wildman–Crippen LogP) is 4.30. The molecule has 1 aromatic carbocycles. The van der Waals surface area contributed by atoms with E-state index in [2.05, 4.69) is 6.92 Å². The van der Waals surface area contributed by atoms with Gasteiger partial charge in [-0.05, 0) is 62.8 Å². The highest BCUT2D eigenvalue weighted by molar-refractivity contribution is 6.03. The number of Topliss-reactive ketones (excluding diaryl/α,β-unsaturated/α-hetero) is 1. The van der Waals surface area contributed by atoms with Crippen LogP contribution in [0.25, 0.3) is 0 Å². The summed E-state index contributed by atoms with van der Waals surface area (Å²) in [5.41, 5.74) is 0.566. The molecule has 0 bridgehead atoms. The molecule has 0 aromatic heterocycles. The number of halogens is 1. The van der Waals surface area contributed by atoms with E-state index < -0.39 is 5.60 Å². The van der Waals surface area contributed by atoms with Crippen molar-refractivity contribution in [2.24, 2.45) is 5.92 Å². The molecule has 0 saturated heterocycles. The fourth-order valence-electron chi connectivity index (χ4n) is 3.31. The predicted molar refractivity (Wildman–Crippen MR) is 77.5 cm³/mol. The van der Waals surface area contributed by atoms with Crippen molar-refractivity contribution in [2.75, 3.05) is 6.61 Å². The third-order valence-electron chi connectivity index (χ3n) is 4.22. The van der Waals surface area contributed by atoms with Crippen molar-refractivity contribution in [2.45, 2.75) is 52.1 Å². The number of aryl methyl sites for hydroxylation is 1. The average Bonchev–Trinajstić information content (AvgIpc) is 2.38. The van der Waals surface area contributed by atoms with Crippen LogP contribution >= 0.6 is 0 Å². The molecule has 0 amide bonds. The summed E-state index contributed by atoms with van der Waals surface area (Å²) in [5.74, 6) is 0.199. The van der Waals surface area contributed by atoms with Gasteiger partial charge in [-0.2, -0.15) is 0 Å². The largest absolute Gasteiger partial charge is 0.367 e. The molecule has 2 atom stereocenters. The fourth-order valence-corrected chi connectivity index (χ4v) is 3.31. The second-order valence-corrected chi connectivity index (χ2v) is 5.92. The smallest absolute Gasteiger partial charge is 0.194 e. The summed E-state index contributed by atoms with van der Waals surface area (Å²) < 4.78 is 19.1. The minimum absolute atomic E-state index is 0.0170. The van der Waals surface area contributed by atoms with Crippen molar-refractivity contribution < 1.29 is 13.9 Å². The van der Waals surface area contributed by atoms with E-state index in [1.54, 1.807) is 13.0 Å². The Hall–Kier alpha value is -1.22. The van der Waals surface area contributed by atoms with Gasteiger partial charge < -0.3 is 4.74 Å².